The highest BCUT2D eigenvalue weighted by molar-refractivity contribution is 9.10. The maximum atomic E-state index is 11.4. The summed E-state index contributed by atoms with van der Waals surface area (Å²) in [5.74, 6) is 4.95. The van der Waals surface area contributed by atoms with Gasteiger partial charge < -0.3 is 9.47 Å². The molecule has 1 aromatic rings. The molecule has 94 valence electrons. The molecule has 0 heterocycles. The van der Waals surface area contributed by atoms with Crippen LogP contribution in [0.2, 0.25) is 5.02 Å². The van der Waals surface area contributed by atoms with Gasteiger partial charge >= 0.3 is 0 Å². The number of amides is 1. The van der Waals surface area contributed by atoms with Crippen molar-refractivity contribution in [3.05, 3.63) is 27.7 Å². The predicted octanol–water partition coefficient (Wildman–Crippen LogP) is 1.49. The van der Waals surface area contributed by atoms with Crippen molar-refractivity contribution in [1.29, 1.82) is 0 Å². The van der Waals surface area contributed by atoms with E-state index in [9.17, 15) is 4.79 Å². The Balaban J connectivity index is 2.85. The van der Waals surface area contributed by atoms with Crippen LogP contribution in [0.25, 0.3) is 0 Å². The van der Waals surface area contributed by atoms with Crippen LogP contribution < -0.4 is 16.0 Å². The van der Waals surface area contributed by atoms with E-state index < -0.39 is 12.0 Å². The molecule has 3 N–H and O–H groups in total. The molecule has 0 saturated carbocycles. The van der Waals surface area contributed by atoms with Crippen LogP contribution in [-0.2, 0) is 9.53 Å². The normalized spacial score (nSPS) is 12.0. The maximum Gasteiger partial charge on any atom is 0.277 e. The number of ether oxygens (including phenoxy) is 2. The molecule has 0 aliphatic heterocycles. The van der Waals surface area contributed by atoms with Gasteiger partial charge in [0.2, 0.25) is 6.10 Å². The summed E-state index contributed by atoms with van der Waals surface area (Å²) < 4.78 is 11.1. The van der Waals surface area contributed by atoms with Gasteiger partial charge in [-0.3, -0.25) is 10.2 Å². The van der Waals surface area contributed by atoms with Crippen LogP contribution in [0.3, 0.4) is 0 Å². The summed E-state index contributed by atoms with van der Waals surface area (Å²) in [6, 6.07) is 5.09. The number of halogens is 2. The fraction of sp³-hybridized carbons (Fsp3) is 0.300. The molecule has 1 rings (SSSR count). The van der Waals surface area contributed by atoms with Crippen molar-refractivity contribution >= 4 is 33.4 Å². The van der Waals surface area contributed by atoms with E-state index in [-0.39, 0.29) is 6.61 Å². The van der Waals surface area contributed by atoms with Gasteiger partial charge in [-0.1, -0.05) is 27.5 Å². The number of nitrogens with one attached hydrogen (secondary N) is 1. The number of methoxy groups -OCH3 is 1. The first-order valence-corrected chi connectivity index (χ1v) is 5.86. The fourth-order valence-corrected chi connectivity index (χ4v) is 1.63. The molecule has 1 aromatic carbocycles. The van der Waals surface area contributed by atoms with Gasteiger partial charge in [0.1, 0.15) is 5.75 Å². The summed E-state index contributed by atoms with van der Waals surface area (Å²) >= 11 is 9.22. The Morgan fingerprint density at radius 1 is 1.65 bits per heavy atom. The molecule has 7 heteroatoms. The Kier molecular flexibility index (Phi) is 5.70. The van der Waals surface area contributed by atoms with E-state index >= 15 is 0 Å². The van der Waals surface area contributed by atoms with Crippen LogP contribution in [-0.4, -0.2) is 25.7 Å². The highest BCUT2D eigenvalue weighted by Gasteiger charge is 2.20. The zero-order chi connectivity index (χ0) is 12.8. The van der Waals surface area contributed by atoms with Crippen LogP contribution >= 0.6 is 27.5 Å². The molecule has 1 unspecified atom stereocenters. The van der Waals surface area contributed by atoms with Gasteiger partial charge in [-0.2, -0.15) is 0 Å². The Morgan fingerprint density at radius 2 is 2.35 bits per heavy atom. The Bertz CT molecular complexity index is 403. The Morgan fingerprint density at radius 3 is 2.94 bits per heavy atom. The largest absolute Gasteiger partial charge is 0.476 e. The molecule has 0 spiro atoms. The minimum atomic E-state index is -0.850. The molecule has 0 bridgehead atoms. The van der Waals surface area contributed by atoms with Gasteiger partial charge in [0.25, 0.3) is 5.91 Å². The third-order valence-corrected chi connectivity index (χ3v) is 2.72. The molecule has 0 aromatic heterocycles. The van der Waals surface area contributed by atoms with Crippen molar-refractivity contribution in [2.45, 2.75) is 6.10 Å². The van der Waals surface area contributed by atoms with Gasteiger partial charge in [0, 0.05) is 11.6 Å². The number of nitrogens with two attached hydrogens (primary N) is 1. The van der Waals surface area contributed by atoms with Crippen molar-refractivity contribution in [2.75, 3.05) is 13.7 Å². The molecule has 17 heavy (non-hydrogen) atoms. The van der Waals surface area contributed by atoms with E-state index in [4.69, 9.17) is 26.9 Å². The second kappa shape index (κ2) is 6.80. The Hall–Kier alpha value is -0.820. The fourth-order valence-electron chi connectivity index (χ4n) is 1.13. The van der Waals surface area contributed by atoms with Crippen molar-refractivity contribution in [2.24, 2.45) is 5.84 Å². The SMILES string of the molecule is COCC(Oc1cc(Br)ccc1Cl)C(=O)NN. The van der Waals surface area contributed by atoms with Crippen LogP contribution in [0, 0.1) is 0 Å². The number of carbonyl (C=O) groups excluding carboxylic acids is 1. The molecule has 0 aliphatic rings. The highest BCUT2D eigenvalue weighted by atomic mass is 79.9. The number of benzene rings is 1. The standard InChI is InChI=1S/C10H12BrClN2O3/c1-16-5-9(10(15)14-13)17-8-4-6(11)2-3-7(8)12/h2-4,9H,5,13H2,1H3,(H,14,15). The second-order valence-electron chi connectivity index (χ2n) is 3.15. The van der Waals surface area contributed by atoms with Crippen LogP contribution in [0.1, 0.15) is 0 Å². The molecule has 0 fully saturated rings. The van der Waals surface area contributed by atoms with E-state index in [0.717, 1.165) is 4.47 Å². The molecule has 0 saturated heterocycles. The molecular weight excluding hydrogens is 311 g/mol. The predicted molar refractivity (Wildman–Crippen MR) is 67.8 cm³/mol. The Labute approximate surface area is 112 Å². The van der Waals surface area contributed by atoms with Crippen molar-refractivity contribution in [1.82, 2.24) is 5.43 Å². The van der Waals surface area contributed by atoms with Gasteiger partial charge in [0.15, 0.2) is 0 Å². The van der Waals surface area contributed by atoms with Crippen LogP contribution in [0.5, 0.6) is 5.75 Å². The van der Waals surface area contributed by atoms with E-state index in [0.29, 0.717) is 10.8 Å². The third-order valence-electron chi connectivity index (χ3n) is 1.92. The zero-order valence-corrected chi connectivity index (χ0v) is 11.4. The first-order valence-electron chi connectivity index (χ1n) is 4.69. The van der Waals surface area contributed by atoms with Gasteiger partial charge in [-0.25, -0.2) is 5.84 Å². The number of rotatable bonds is 5. The monoisotopic (exact) mass is 322 g/mol. The number of hydrogen-bond acceptors (Lipinski definition) is 4. The lowest BCUT2D eigenvalue weighted by molar-refractivity contribution is -0.130. The number of hydrazine groups is 1. The topological polar surface area (TPSA) is 73.6 Å². The molecular formula is C10H12BrClN2O3. The van der Waals surface area contributed by atoms with E-state index in [1.54, 1.807) is 18.2 Å². The minimum Gasteiger partial charge on any atom is -0.476 e. The molecule has 5 nitrogen and oxygen atoms in total. The maximum absolute atomic E-state index is 11.4. The molecule has 0 aliphatic carbocycles. The zero-order valence-electron chi connectivity index (χ0n) is 9.07. The quantitative estimate of drug-likeness (QED) is 0.489. The summed E-state index contributed by atoms with van der Waals surface area (Å²) in [5, 5.41) is 0.402. The van der Waals surface area contributed by atoms with Crippen molar-refractivity contribution in [3.8, 4) is 5.75 Å². The van der Waals surface area contributed by atoms with E-state index in [1.165, 1.54) is 7.11 Å². The van der Waals surface area contributed by atoms with Crippen molar-refractivity contribution < 1.29 is 14.3 Å². The first-order chi connectivity index (χ1) is 8.08. The summed E-state index contributed by atoms with van der Waals surface area (Å²) in [4.78, 5) is 11.4. The van der Waals surface area contributed by atoms with E-state index in [2.05, 4.69) is 15.9 Å². The van der Waals surface area contributed by atoms with Crippen molar-refractivity contribution in [3.63, 3.8) is 0 Å². The van der Waals surface area contributed by atoms with Crippen LogP contribution in [0.4, 0.5) is 0 Å². The van der Waals surface area contributed by atoms with Gasteiger partial charge in [0.05, 0.1) is 11.6 Å². The van der Waals surface area contributed by atoms with Gasteiger partial charge in [-0.15, -0.1) is 0 Å². The third kappa shape index (κ3) is 4.16. The minimum absolute atomic E-state index is 0.0753. The average Bonchev–Trinajstić information content (AvgIpc) is 2.32. The lowest BCUT2D eigenvalue weighted by Gasteiger charge is -2.17. The van der Waals surface area contributed by atoms with Crippen LogP contribution in [0.15, 0.2) is 22.7 Å². The molecule has 1 amide bonds. The molecule has 0 radical (unpaired) electrons. The highest BCUT2D eigenvalue weighted by Crippen LogP contribution is 2.28. The van der Waals surface area contributed by atoms with Gasteiger partial charge in [-0.05, 0) is 18.2 Å². The number of carbonyl (C=O) groups is 1. The average molecular weight is 324 g/mol. The summed E-state index contributed by atoms with van der Waals surface area (Å²) in [6.45, 7) is 0.0753. The summed E-state index contributed by atoms with van der Waals surface area (Å²) in [5.41, 5.74) is 2.01. The van der Waals surface area contributed by atoms with E-state index in [1.807, 2.05) is 5.43 Å². The smallest absolute Gasteiger partial charge is 0.277 e. The lowest BCUT2D eigenvalue weighted by atomic mass is 10.3. The first kappa shape index (κ1) is 14.2. The molecule has 1 atom stereocenters. The second-order valence-corrected chi connectivity index (χ2v) is 4.47. The summed E-state index contributed by atoms with van der Waals surface area (Å²) in [6.07, 6.45) is -0.850. The lowest BCUT2D eigenvalue weighted by Crippen LogP contribution is -2.44. The summed E-state index contributed by atoms with van der Waals surface area (Å²) in [7, 11) is 1.46. The number of hydrogen-bond donors (Lipinski definition) is 2.